The monoisotopic (exact) mass is 446 g/mol. The summed E-state index contributed by atoms with van der Waals surface area (Å²) < 4.78 is 7.32. The maximum Gasteiger partial charge on any atom is 0.234 e. The molecule has 1 amide bonds. The van der Waals surface area contributed by atoms with Crippen molar-refractivity contribution in [2.24, 2.45) is 0 Å². The summed E-state index contributed by atoms with van der Waals surface area (Å²) in [5.74, 6) is 0.811. The van der Waals surface area contributed by atoms with Crippen LogP contribution in [0.3, 0.4) is 0 Å². The number of rotatable bonds is 6. The molecule has 0 unspecified atom stereocenters. The number of carbonyl (C=O) groups is 1. The molecule has 3 aromatic rings. The molecule has 2 aromatic carbocycles. The second-order valence-corrected chi connectivity index (χ2v) is 8.60. The van der Waals surface area contributed by atoms with Crippen molar-refractivity contribution >= 4 is 79.7 Å². The third kappa shape index (κ3) is 4.75. The first kappa shape index (κ1) is 19.6. The van der Waals surface area contributed by atoms with E-state index in [2.05, 4.69) is 10.3 Å². The van der Waals surface area contributed by atoms with Crippen molar-refractivity contribution in [3.8, 4) is 5.75 Å². The lowest BCUT2D eigenvalue weighted by atomic mass is 10.3. The quantitative estimate of drug-likeness (QED) is 0.351. The Labute approximate surface area is 173 Å². The van der Waals surface area contributed by atoms with E-state index < -0.39 is 0 Å². The van der Waals surface area contributed by atoms with E-state index in [4.69, 9.17) is 39.5 Å². The van der Waals surface area contributed by atoms with Gasteiger partial charge < -0.3 is 10.1 Å². The summed E-state index contributed by atoms with van der Waals surface area (Å²) >= 11 is 20.8. The smallest absolute Gasteiger partial charge is 0.234 e. The molecule has 4 nitrogen and oxygen atoms in total. The van der Waals surface area contributed by atoms with Crippen LogP contribution in [0.2, 0.25) is 15.1 Å². The average Bonchev–Trinajstić information content (AvgIpc) is 3.00. The van der Waals surface area contributed by atoms with Gasteiger partial charge in [-0.1, -0.05) is 46.6 Å². The molecule has 0 aliphatic heterocycles. The van der Waals surface area contributed by atoms with Gasteiger partial charge in [0, 0.05) is 0 Å². The van der Waals surface area contributed by atoms with Gasteiger partial charge in [0.15, 0.2) is 4.34 Å². The average molecular weight is 448 g/mol. The number of aromatic nitrogens is 1. The summed E-state index contributed by atoms with van der Waals surface area (Å²) in [6.07, 6.45) is 0. The second-order valence-electron chi connectivity index (χ2n) is 5.13. The lowest BCUT2D eigenvalue weighted by molar-refractivity contribution is -0.113. The Morgan fingerprint density at radius 3 is 2.73 bits per heavy atom. The molecule has 3 rings (SSSR count). The molecule has 0 radical (unpaired) electrons. The molecule has 1 aromatic heterocycles. The first-order chi connectivity index (χ1) is 12.5. The third-order valence-corrected chi connectivity index (χ3v) is 6.46. The predicted molar refractivity (Wildman–Crippen MR) is 112 cm³/mol. The first-order valence-corrected chi connectivity index (χ1v) is 10.5. The number of thioether (sulfide) groups is 1. The molecule has 1 N–H and O–H groups in total. The largest absolute Gasteiger partial charge is 0.494 e. The highest BCUT2D eigenvalue weighted by molar-refractivity contribution is 8.01. The van der Waals surface area contributed by atoms with Crippen LogP contribution >= 0.6 is 57.9 Å². The Hall–Kier alpha value is -1.18. The molecule has 0 bridgehead atoms. The van der Waals surface area contributed by atoms with Crippen molar-refractivity contribution in [1.29, 1.82) is 0 Å². The van der Waals surface area contributed by atoms with E-state index in [0.29, 0.717) is 27.4 Å². The van der Waals surface area contributed by atoms with Gasteiger partial charge in [-0.3, -0.25) is 4.79 Å². The number of thiazole rings is 1. The summed E-state index contributed by atoms with van der Waals surface area (Å²) in [5, 5.41) is 3.73. The number of hydrogen-bond donors (Lipinski definition) is 1. The summed E-state index contributed by atoms with van der Waals surface area (Å²) in [6.45, 7) is 2.56. The molecule has 0 spiro atoms. The van der Waals surface area contributed by atoms with Gasteiger partial charge in [0.25, 0.3) is 0 Å². The van der Waals surface area contributed by atoms with E-state index in [0.717, 1.165) is 20.3 Å². The van der Waals surface area contributed by atoms with Gasteiger partial charge >= 0.3 is 0 Å². The number of benzene rings is 2. The molecule has 0 aliphatic rings. The molecule has 26 heavy (non-hydrogen) atoms. The second kappa shape index (κ2) is 8.67. The number of hydrogen-bond acceptors (Lipinski definition) is 5. The highest BCUT2D eigenvalue weighted by atomic mass is 35.5. The van der Waals surface area contributed by atoms with Crippen molar-refractivity contribution in [2.45, 2.75) is 11.3 Å². The van der Waals surface area contributed by atoms with Crippen LogP contribution in [0.4, 0.5) is 5.69 Å². The number of fused-ring (bicyclic) bond motifs is 1. The minimum atomic E-state index is -0.204. The van der Waals surface area contributed by atoms with Crippen LogP contribution in [-0.4, -0.2) is 23.3 Å². The molecular weight excluding hydrogens is 435 g/mol. The SMILES string of the molecule is CCOc1ccc2nc(SCC(=O)Nc3cc(Cl)c(Cl)cc3Cl)sc2c1. The lowest BCUT2D eigenvalue weighted by Gasteiger charge is -2.08. The third-order valence-electron chi connectivity index (χ3n) is 3.26. The fraction of sp³-hybridized carbons (Fsp3) is 0.176. The van der Waals surface area contributed by atoms with Crippen molar-refractivity contribution in [1.82, 2.24) is 4.98 Å². The first-order valence-electron chi connectivity index (χ1n) is 7.57. The molecular formula is C17H13Cl3N2O2S2. The normalized spacial score (nSPS) is 10.9. The fourth-order valence-corrected chi connectivity index (χ4v) is 4.62. The van der Waals surface area contributed by atoms with Crippen LogP contribution in [0.15, 0.2) is 34.7 Å². The topological polar surface area (TPSA) is 51.2 Å². The van der Waals surface area contributed by atoms with Crippen molar-refractivity contribution in [2.75, 3.05) is 17.7 Å². The lowest BCUT2D eigenvalue weighted by Crippen LogP contribution is -2.14. The van der Waals surface area contributed by atoms with Crippen molar-refractivity contribution in [3.05, 3.63) is 45.4 Å². The van der Waals surface area contributed by atoms with Gasteiger partial charge in [-0.15, -0.1) is 11.3 Å². The fourth-order valence-electron chi connectivity index (χ4n) is 2.13. The maximum absolute atomic E-state index is 12.2. The summed E-state index contributed by atoms with van der Waals surface area (Å²) in [4.78, 5) is 16.7. The van der Waals surface area contributed by atoms with Crippen molar-refractivity contribution in [3.63, 3.8) is 0 Å². The van der Waals surface area contributed by atoms with E-state index in [1.807, 2.05) is 25.1 Å². The number of nitrogens with zero attached hydrogens (tertiary/aromatic N) is 1. The van der Waals surface area contributed by atoms with Gasteiger partial charge in [0.2, 0.25) is 5.91 Å². The summed E-state index contributed by atoms with van der Waals surface area (Å²) in [5.41, 5.74) is 1.31. The van der Waals surface area contributed by atoms with Crippen LogP contribution in [0.1, 0.15) is 6.92 Å². The predicted octanol–water partition coefficient (Wildman–Crippen LogP) is 6.39. The summed E-state index contributed by atoms with van der Waals surface area (Å²) in [6, 6.07) is 8.78. The van der Waals surface area contributed by atoms with E-state index in [1.54, 1.807) is 0 Å². The van der Waals surface area contributed by atoms with Gasteiger partial charge in [-0.25, -0.2) is 4.98 Å². The zero-order valence-corrected chi connectivity index (χ0v) is 17.4. The van der Waals surface area contributed by atoms with E-state index >= 15 is 0 Å². The minimum absolute atomic E-state index is 0.203. The van der Waals surface area contributed by atoms with Gasteiger partial charge in [-0.05, 0) is 37.3 Å². The van der Waals surface area contributed by atoms with E-state index in [9.17, 15) is 4.79 Å². The number of anilines is 1. The highest BCUT2D eigenvalue weighted by Crippen LogP contribution is 2.34. The van der Waals surface area contributed by atoms with Crippen LogP contribution in [0.25, 0.3) is 10.2 Å². The zero-order valence-electron chi connectivity index (χ0n) is 13.5. The van der Waals surface area contributed by atoms with Crippen molar-refractivity contribution < 1.29 is 9.53 Å². The van der Waals surface area contributed by atoms with Crippen LogP contribution in [-0.2, 0) is 4.79 Å². The Morgan fingerprint density at radius 1 is 1.19 bits per heavy atom. The molecule has 9 heteroatoms. The number of ether oxygens (including phenoxy) is 1. The van der Waals surface area contributed by atoms with Crippen LogP contribution < -0.4 is 10.1 Å². The standard InChI is InChI=1S/C17H13Cl3N2O2S2/c1-2-24-9-3-4-13-15(5-9)26-17(22-13)25-8-16(23)21-14-7-11(19)10(18)6-12(14)20/h3-7H,2,8H2,1H3,(H,21,23). The van der Waals surface area contributed by atoms with Crippen LogP contribution in [0, 0.1) is 0 Å². The Balaban J connectivity index is 1.64. The molecule has 1 heterocycles. The number of amides is 1. The molecule has 0 aliphatic carbocycles. The molecule has 0 saturated heterocycles. The molecule has 136 valence electrons. The van der Waals surface area contributed by atoms with Gasteiger partial charge in [-0.2, -0.15) is 0 Å². The Kier molecular flexibility index (Phi) is 6.53. The van der Waals surface area contributed by atoms with Gasteiger partial charge in [0.1, 0.15) is 5.75 Å². The number of nitrogens with one attached hydrogen (secondary N) is 1. The minimum Gasteiger partial charge on any atom is -0.494 e. The Morgan fingerprint density at radius 2 is 1.96 bits per heavy atom. The molecule has 0 fully saturated rings. The molecule has 0 saturated carbocycles. The van der Waals surface area contributed by atoms with Crippen LogP contribution in [0.5, 0.6) is 5.75 Å². The zero-order chi connectivity index (χ0) is 18.7. The number of halogens is 3. The Bertz CT molecular complexity index is 963. The maximum atomic E-state index is 12.2. The molecule has 0 atom stereocenters. The van der Waals surface area contributed by atoms with E-state index in [-0.39, 0.29) is 11.7 Å². The highest BCUT2D eigenvalue weighted by Gasteiger charge is 2.12. The number of carbonyl (C=O) groups excluding carboxylic acids is 1. The summed E-state index contributed by atoms with van der Waals surface area (Å²) in [7, 11) is 0. The van der Waals surface area contributed by atoms with E-state index in [1.165, 1.54) is 35.2 Å². The van der Waals surface area contributed by atoms with Gasteiger partial charge in [0.05, 0.1) is 43.3 Å².